The van der Waals surface area contributed by atoms with Gasteiger partial charge in [-0.15, -0.1) is 23.4 Å². The second-order valence-electron chi connectivity index (χ2n) is 5.55. The van der Waals surface area contributed by atoms with Crippen molar-refractivity contribution in [2.45, 2.75) is 29.0 Å². The molecule has 0 radical (unpaired) electrons. The first-order chi connectivity index (χ1) is 9.15. The fraction of sp³-hybridized carbons (Fsp3) is 0.533. The number of amides is 1. The van der Waals surface area contributed by atoms with Crippen molar-refractivity contribution in [3.05, 3.63) is 29.8 Å². The fourth-order valence-electron chi connectivity index (χ4n) is 2.91. The standard InChI is InChI=1S/C15H18ClNOS/c1-17(8-10-6-11(16)7-10)15(18)13-9-19-14-5-3-2-4-12(13)14/h2-5,10-11,13H,6-9H2,1H3. The van der Waals surface area contributed by atoms with Gasteiger partial charge in [-0.1, -0.05) is 18.2 Å². The summed E-state index contributed by atoms with van der Waals surface area (Å²) in [6, 6.07) is 8.26. The second-order valence-corrected chi connectivity index (χ2v) is 7.23. The number of benzene rings is 1. The Labute approximate surface area is 123 Å². The highest BCUT2D eigenvalue weighted by atomic mass is 35.5. The zero-order chi connectivity index (χ0) is 13.4. The molecule has 0 saturated heterocycles. The molecule has 1 heterocycles. The maximum atomic E-state index is 12.5. The minimum Gasteiger partial charge on any atom is -0.345 e. The Hall–Kier alpha value is -0.670. The van der Waals surface area contributed by atoms with Crippen LogP contribution < -0.4 is 0 Å². The summed E-state index contributed by atoms with van der Waals surface area (Å²) in [7, 11) is 1.93. The summed E-state index contributed by atoms with van der Waals surface area (Å²) < 4.78 is 0. The number of carbonyl (C=O) groups is 1. The van der Waals surface area contributed by atoms with Crippen LogP contribution in [0.1, 0.15) is 24.3 Å². The highest BCUT2D eigenvalue weighted by Crippen LogP contribution is 2.40. The Morgan fingerprint density at radius 3 is 2.89 bits per heavy atom. The predicted octanol–water partition coefficient (Wildman–Crippen LogP) is 3.35. The van der Waals surface area contributed by atoms with Gasteiger partial charge in [0.05, 0.1) is 5.92 Å². The van der Waals surface area contributed by atoms with Gasteiger partial charge >= 0.3 is 0 Å². The molecular formula is C15H18ClNOS. The van der Waals surface area contributed by atoms with E-state index in [0.717, 1.165) is 25.1 Å². The molecule has 3 rings (SSSR count). The number of nitrogens with zero attached hydrogens (tertiary/aromatic N) is 1. The van der Waals surface area contributed by atoms with Gasteiger partial charge in [-0.25, -0.2) is 0 Å². The Morgan fingerprint density at radius 1 is 1.42 bits per heavy atom. The molecule has 1 aromatic carbocycles. The minimum absolute atomic E-state index is 0.0399. The Balaban J connectivity index is 1.64. The van der Waals surface area contributed by atoms with Crippen molar-refractivity contribution in [1.29, 1.82) is 0 Å². The summed E-state index contributed by atoms with van der Waals surface area (Å²) in [5, 5.41) is 0.330. The normalized spacial score (nSPS) is 28.6. The van der Waals surface area contributed by atoms with Gasteiger partial charge in [-0.3, -0.25) is 4.79 Å². The molecule has 1 aliphatic carbocycles. The van der Waals surface area contributed by atoms with Crippen LogP contribution in [0, 0.1) is 5.92 Å². The van der Waals surface area contributed by atoms with E-state index < -0.39 is 0 Å². The van der Waals surface area contributed by atoms with Crippen molar-refractivity contribution in [3.8, 4) is 0 Å². The van der Waals surface area contributed by atoms with E-state index in [1.807, 2.05) is 24.1 Å². The number of carbonyl (C=O) groups excluding carboxylic acids is 1. The van der Waals surface area contributed by atoms with E-state index in [1.54, 1.807) is 11.8 Å². The van der Waals surface area contributed by atoms with E-state index in [1.165, 1.54) is 10.5 Å². The fourth-order valence-corrected chi connectivity index (χ4v) is 4.64. The Morgan fingerprint density at radius 2 is 2.16 bits per heavy atom. The van der Waals surface area contributed by atoms with E-state index in [4.69, 9.17) is 11.6 Å². The van der Waals surface area contributed by atoms with Gasteiger partial charge < -0.3 is 4.90 Å². The zero-order valence-electron chi connectivity index (χ0n) is 11.0. The van der Waals surface area contributed by atoms with E-state index >= 15 is 0 Å². The number of likely N-dealkylation sites (N-methyl/N-ethyl adjacent to an activating group) is 1. The maximum Gasteiger partial charge on any atom is 0.230 e. The lowest BCUT2D eigenvalue weighted by Crippen LogP contribution is -2.40. The lowest BCUT2D eigenvalue weighted by molar-refractivity contribution is -0.131. The highest BCUT2D eigenvalue weighted by molar-refractivity contribution is 7.99. The summed E-state index contributed by atoms with van der Waals surface area (Å²) in [5.74, 6) is 1.78. The molecule has 2 aliphatic rings. The van der Waals surface area contributed by atoms with E-state index in [-0.39, 0.29) is 11.8 Å². The number of thioether (sulfide) groups is 1. The molecule has 2 nitrogen and oxygen atoms in total. The van der Waals surface area contributed by atoms with Gasteiger partial charge in [0, 0.05) is 29.6 Å². The number of rotatable bonds is 3. The van der Waals surface area contributed by atoms with Gasteiger partial charge in [0.25, 0.3) is 0 Å². The number of hydrogen-bond donors (Lipinski definition) is 0. The van der Waals surface area contributed by atoms with Crippen LogP contribution in [0.4, 0.5) is 0 Å². The number of fused-ring (bicyclic) bond motifs is 1. The zero-order valence-corrected chi connectivity index (χ0v) is 12.6. The SMILES string of the molecule is CN(CC1CC(Cl)C1)C(=O)C1CSc2ccccc21. The molecule has 4 heteroatoms. The van der Waals surface area contributed by atoms with Crippen LogP contribution in [0.2, 0.25) is 0 Å². The van der Waals surface area contributed by atoms with Crippen LogP contribution in [0.5, 0.6) is 0 Å². The van der Waals surface area contributed by atoms with Crippen molar-refractivity contribution in [2.75, 3.05) is 19.3 Å². The lowest BCUT2D eigenvalue weighted by Gasteiger charge is -2.34. The first-order valence-electron chi connectivity index (χ1n) is 6.76. The van der Waals surface area contributed by atoms with Crippen molar-refractivity contribution in [3.63, 3.8) is 0 Å². The number of hydrogen-bond acceptors (Lipinski definition) is 2. The molecule has 19 heavy (non-hydrogen) atoms. The molecular weight excluding hydrogens is 278 g/mol. The van der Waals surface area contributed by atoms with Gasteiger partial charge in [-0.05, 0) is 30.4 Å². The second kappa shape index (κ2) is 5.37. The minimum atomic E-state index is 0.0399. The maximum absolute atomic E-state index is 12.5. The van der Waals surface area contributed by atoms with Crippen LogP contribution in [0.3, 0.4) is 0 Å². The summed E-state index contributed by atoms with van der Waals surface area (Å²) in [4.78, 5) is 15.7. The van der Waals surface area contributed by atoms with Gasteiger partial charge in [-0.2, -0.15) is 0 Å². The average Bonchev–Trinajstić information content (AvgIpc) is 2.79. The lowest BCUT2D eigenvalue weighted by atomic mass is 9.84. The predicted molar refractivity (Wildman–Crippen MR) is 79.9 cm³/mol. The summed E-state index contributed by atoms with van der Waals surface area (Å²) >= 11 is 7.79. The van der Waals surface area contributed by atoms with Crippen LogP contribution in [0.15, 0.2) is 29.2 Å². The quantitative estimate of drug-likeness (QED) is 0.797. The highest BCUT2D eigenvalue weighted by Gasteiger charge is 2.34. The Kier molecular flexibility index (Phi) is 3.77. The topological polar surface area (TPSA) is 20.3 Å². The third-order valence-electron chi connectivity index (χ3n) is 4.08. The Bertz CT molecular complexity index is 487. The van der Waals surface area contributed by atoms with Crippen molar-refractivity contribution in [1.82, 2.24) is 4.90 Å². The molecule has 1 unspecified atom stereocenters. The van der Waals surface area contributed by atoms with Crippen molar-refractivity contribution in [2.24, 2.45) is 5.92 Å². The summed E-state index contributed by atoms with van der Waals surface area (Å²) in [5.41, 5.74) is 1.20. The average molecular weight is 296 g/mol. The molecule has 0 bridgehead atoms. The monoisotopic (exact) mass is 295 g/mol. The van der Waals surface area contributed by atoms with Crippen molar-refractivity contribution >= 4 is 29.3 Å². The van der Waals surface area contributed by atoms with Crippen LogP contribution >= 0.6 is 23.4 Å². The van der Waals surface area contributed by atoms with E-state index in [9.17, 15) is 4.79 Å². The van der Waals surface area contributed by atoms with Crippen LogP contribution in [-0.2, 0) is 4.79 Å². The third kappa shape index (κ3) is 2.63. The van der Waals surface area contributed by atoms with Gasteiger partial charge in [0.2, 0.25) is 5.91 Å². The van der Waals surface area contributed by atoms with Gasteiger partial charge in [0.1, 0.15) is 0 Å². The van der Waals surface area contributed by atoms with E-state index in [0.29, 0.717) is 11.3 Å². The first-order valence-corrected chi connectivity index (χ1v) is 8.18. The molecule has 1 amide bonds. The van der Waals surface area contributed by atoms with E-state index in [2.05, 4.69) is 12.1 Å². The summed E-state index contributed by atoms with van der Waals surface area (Å²) in [6.45, 7) is 0.853. The number of halogens is 1. The molecule has 1 fully saturated rings. The molecule has 0 N–H and O–H groups in total. The first kappa shape index (κ1) is 13.3. The molecule has 0 spiro atoms. The third-order valence-corrected chi connectivity index (χ3v) is 5.62. The molecule has 102 valence electrons. The molecule has 1 aromatic rings. The van der Waals surface area contributed by atoms with Crippen molar-refractivity contribution < 1.29 is 4.79 Å². The van der Waals surface area contributed by atoms with Gasteiger partial charge in [0.15, 0.2) is 0 Å². The smallest absolute Gasteiger partial charge is 0.230 e. The largest absolute Gasteiger partial charge is 0.345 e. The molecule has 1 aliphatic heterocycles. The summed E-state index contributed by atoms with van der Waals surface area (Å²) in [6.07, 6.45) is 2.10. The molecule has 0 aromatic heterocycles. The van der Waals surface area contributed by atoms with Crippen LogP contribution in [0.25, 0.3) is 0 Å². The molecule has 1 atom stereocenters. The van der Waals surface area contributed by atoms with Crippen LogP contribution in [-0.4, -0.2) is 35.5 Å². The molecule has 1 saturated carbocycles. The number of alkyl halides is 1.